The smallest absolute Gasteiger partial charge is 0.243 e. The fourth-order valence-corrected chi connectivity index (χ4v) is 2.39. The Morgan fingerprint density at radius 3 is 2.70 bits per heavy atom. The molecule has 0 heterocycles. The summed E-state index contributed by atoms with van der Waals surface area (Å²) in [5, 5.41) is 0. The summed E-state index contributed by atoms with van der Waals surface area (Å²) in [4.78, 5) is 10.4. The molecule has 0 aromatic heterocycles. The van der Waals surface area contributed by atoms with Gasteiger partial charge in [0.1, 0.15) is 12.4 Å². The van der Waals surface area contributed by atoms with Crippen LogP contribution in [-0.4, -0.2) is 41.2 Å². The number of anilines is 1. The predicted octanol–water partition coefficient (Wildman–Crippen LogP) is -0.942. The van der Waals surface area contributed by atoms with E-state index in [1.165, 1.54) is 25.3 Å². The van der Waals surface area contributed by atoms with Crippen LogP contribution in [0.2, 0.25) is 0 Å². The number of carbonyl (C=O) groups excluding carboxylic acids is 1. The zero-order chi connectivity index (χ0) is 15.2. The zero-order valence-corrected chi connectivity index (χ0v) is 11.8. The minimum atomic E-state index is -3.69. The summed E-state index contributed by atoms with van der Waals surface area (Å²) in [7, 11) is -2.30. The Balaban J connectivity index is 2.62. The molecule has 20 heavy (non-hydrogen) atoms. The molecule has 0 fully saturated rings. The molecule has 0 radical (unpaired) electrons. The molecule has 0 saturated carbocycles. The monoisotopic (exact) mass is 303 g/mol. The van der Waals surface area contributed by atoms with E-state index in [1.807, 2.05) is 0 Å². The molecule has 1 aromatic rings. The molecule has 1 amide bonds. The fourth-order valence-electron chi connectivity index (χ4n) is 1.36. The number of amides is 1. The van der Waals surface area contributed by atoms with Crippen molar-refractivity contribution in [3.8, 4) is 5.75 Å². The first-order valence-electron chi connectivity index (χ1n) is 5.66. The van der Waals surface area contributed by atoms with Crippen molar-refractivity contribution in [2.24, 2.45) is 5.73 Å². The van der Waals surface area contributed by atoms with Gasteiger partial charge in [-0.05, 0) is 12.1 Å². The average Bonchev–Trinajstić information content (AvgIpc) is 2.38. The van der Waals surface area contributed by atoms with Crippen LogP contribution in [0.25, 0.3) is 0 Å². The second kappa shape index (κ2) is 7.08. The Hall–Kier alpha value is -1.84. The van der Waals surface area contributed by atoms with Crippen LogP contribution in [0, 0.1) is 0 Å². The van der Waals surface area contributed by atoms with Gasteiger partial charge in [0.2, 0.25) is 15.9 Å². The van der Waals surface area contributed by atoms with Crippen molar-refractivity contribution in [3.05, 3.63) is 18.2 Å². The van der Waals surface area contributed by atoms with Gasteiger partial charge < -0.3 is 20.9 Å². The van der Waals surface area contributed by atoms with Crippen molar-refractivity contribution < 1.29 is 22.7 Å². The van der Waals surface area contributed by atoms with Gasteiger partial charge in [-0.1, -0.05) is 0 Å². The molecule has 5 N–H and O–H groups in total. The number of hydrogen-bond acceptors (Lipinski definition) is 6. The maximum absolute atomic E-state index is 12.0. The van der Waals surface area contributed by atoms with Gasteiger partial charge >= 0.3 is 0 Å². The first-order chi connectivity index (χ1) is 9.36. The van der Waals surface area contributed by atoms with Gasteiger partial charge in [-0.15, -0.1) is 0 Å². The van der Waals surface area contributed by atoms with Crippen molar-refractivity contribution >= 4 is 21.6 Å². The number of methoxy groups -OCH3 is 1. The van der Waals surface area contributed by atoms with E-state index in [4.69, 9.17) is 20.9 Å². The molecule has 0 aliphatic rings. The van der Waals surface area contributed by atoms with E-state index in [-0.39, 0.29) is 30.4 Å². The minimum Gasteiger partial charge on any atom is -0.495 e. The summed E-state index contributed by atoms with van der Waals surface area (Å²) >= 11 is 0. The Bertz CT molecular complexity index is 573. The van der Waals surface area contributed by atoms with Crippen LogP contribution in [0.1, 0.15) is 0 Å². The van der Waals surface area contributed by atoms with Crippen LogP contribution in [0.5, 0.6) is 5.75 Å². The van der Waals surface area contributed by atoms with E-state index >= 15 is 0 Å². The van der Waals surface area contributed by atoms with Crippen molar-refractivity contribution in [2.75, 3.05) is 32.6 Å². The maximum Gasteiger partial charge on any atom is 0.243 e. The molecule has 0 atom stereocenters. The van der Waals surface area contributed by atoms with Crippen molar-refractivity contribution in [1.29, 1.82) is 0 Å². The Morgan fingerprint density at radius 1 is 1.40 bits per heavy atom. The van der Waals surface area contributed by atoms with Crippen LogP contribution in [0.3, 0.4) is 0 Å². The molecule has 8 nitrogen and oxygen atoms in total. The molecule has 0 unspecified atom stereocenters. The fraction of sp³-hybridized carbons (Fsp3) is 0.364. The van der Waals surface area contributed by atoms with Crippen LogP contribution in [0.4, 0.5) is 5.69 Å². The molecule has 0 spiro atoms. The number of hydrogen-bond donors (Lipinski definition) is 3. The highest BCUT2D eigenvalue weighted by molar-refractivity contribution is 7.89. The molecule has 0 bridgehead atoms. The third kappa shape index (κ3) is 4.68. The summed E-state index contributed by atoms with van der Waals surface area (Å²) in [5.74, 6) is -0.339. The van der Waals surface area contributed by atoms with E-state index in [1.54, 1.807) is 0 Å². The lowest BCUT2D eigenvalue weighted by Gasteiger charge is -2.09. The minimum absolute atomic E-state index is 0.0162. The Morgan fingerprint density at radius 2 is 2.10 bits per heavy atom. The van der Waals surface area contributed by atoms with Gasteiger partial charge in [0.05, 0.1) is 24.3 Å². The number of rotatable bonds is 8. The number of primary amides is 1. The first kappa shape index (κ1) is 16.2. The lowest BCUT2D eigenvalue weighted by atomic mass is 10.3. The highest BCUT2D eigenvalue weighted by Gasteiger charge is 2.15. The summed E-state index contributed by atoms with van der Waals surface area (Å²) in [6, 6.07) is 4.13. The van der Waals surface area contributed by atoms with Crippen LogP contribution in [-0.2, 0) is 19.6 Å². The number of carbonyl (C=O) groups is 1. The molecule has 0 saturated heterocycles. The molecule has 9 heteroatoms. The third-order valence-electron chi connectivity index (χ3n) is 2.30. The Labute approximate surface area is 117 Å². The van der Waals surface area contributed by atoms with Gasteiger partial charge in [-0.3, -0.25) is 4.79 Å². The summed E-state index contributed by atoms with van der Waals surface area (Å²) < 4.78 is 36.0. The molecule has 0 aliphatic heterocycles. The van der Waals surface area contributed by atoms with E-state index in [2.05, 4.69) is 4.72 Å². The molecular weight excluding hydrogens is 286 g/mol. The molecular formula is C11H17N3O5S. The summed E-state index contributed by atoms with van der Waals surface area (Å²) in [6.45, 7) is -0.200. The predicted molar refractivity (Wildman–Crippen MR) is 72.6 cm³/mol. The summed E-state index contributed by atoms with van der Waals surface area (Å²) in [5.41, 5.74) is 10.8. The lowest BCUT2D eigenvalue weighted by Crippen LogP contribution is -2.29. The highest BCUT2D eigenvalue weighted by atomic mass is 32.2. The van der Waals surface area contributed by atoms with Crippen molar-refractivity contribution in [3.63, 3.8) is 0 Å². The van der Waals surface area contributed by atoms with Crippen LogP contribution in [0.15, 0.2) is 23.1 Å². The molecule has 112 valence electrons. The highest BCUT2D eigenvalue weighted by Crippen LogP contribution is 2.24. The number of sulfonamides is 1. The molecule has 0 aliphatic carbocycles. The quantitative estimate of drug-likeness (QED) is 0.419. The largest absolute Gasteiger partial charge is 0.495 e. The maximum atomic E-state index is 12.0. The standard InChI is InChI=1S/C11H17N3O5S/c1-18-10-6-8(2-3-9(10)12)20(16,17)14-4-5-19-7-11(13)15/h2-3,6,14H,4-5,7,12H2,1H3,(H2,13,15). The second-order valence-corrected chi connectivity index (χ2v) is 5.59. The summed E-state index contributed by atoms with van der Waals surface area (Å²) in [6.07, 6.45) is 0. The lowest BCUT2D eigenvalue weighted by molar-refractivity contribution is -0.122. The van der Waals surface area contributed by atoms with E-state index in [0.717, 1.165) is 0 Å². The van der Waals surface area contributed by atoms with Gasteiger partial charge in [0, 0.05) is 12.6 Å². The number of benzene rings is 1. The number of nitrogens with two attached hydrogens (primary N) is 2. The second-order valence-electron chi connectivity index (χ2n) is 3.82. The zero-order valence-electron chi connectivity index (χ0n) is 11.0. The third-order valence-corrected chi connectivity index (χ3v) is 3.76. The Kier molecular flexibility index (Phi) is 5.74. The van der Waals surface area contributed by atoms with E-state index < -0.39 is 15.9 Å². The topological polar surface area (TPSA) is 134 Å². The molecule has 1 rings (SSSR count). The van der Waals surface area contributed by atoms with Gasteiger partial charge in [-0.2, -0.15) is 0 Å². The van der Waals surface area contributed by atoms with Crippen molar-refractivity contribution in [1.82, 2.24) is 4.72 Å². The van der Waals surface area contributed by atoms with Crippen molar-refractivity contribution in [2.45, 2.75) is 4.90 Å². The van der Waals surface area contributed by atoms with Crippen LogP contribution < -0.4 is 20.9 Å². The average molecular weight is 303 g/mol. The van der Waals surface area contributed by atoms with E-state index in [0.29, 0.717) is 5.69 Å². The van der Waals surface area contributed by atoms with Gasteiger partial charge in [0.25, 0.3) is 0 Å². The SMILES string of the molecule is COc1cc(S(=O)(=O)NCCOCC(N)=O)ccc1N. The number of nitrogens with one attached hydrogen (secondary N) is 1. The molecule has 1 aromatic carbocycles. The number of ether oxygens (including phenoxy) is 2. The van der Waals surface area contributed by atoms with Gasteiger partial charge in [-0.25, -0.2) is 13.1 Å². The van der Waals surface area contributed by atoms with E-state index in [9.17, 15) is 13.2 Å². The normalized spacial score (nSPS) is 11.2. The number of nitrogen functional groups attached to an aromatic ring is 1. The van der Waals surface area contributed by atoms with Crippen LogP contribution >= 0.6 is 0 Å². The van der Waals surface area contributed by atoms with Gasteiger partial charge in [0.15, 0.2) is 0 Å². The first-order valence-corrected chi connectivity index (χ1v) is 7.14.